The molecule has 0 bridgehead atoms. The first kappa shape index (κ1) is 21.0. The Morgan fingerprint density at radius 1 is 1.21 bits per heavy atom. The lowest BCUT2D eigenvalue weighted by Crippen LogP contribution is -2.54. The van der Waals surface area contributed by atoms with Crippen LogP contribution in [0.3, 0.4) is 0 Å². The Kier molecular flexibility index (Phi) is 6.35. The van der Waals surface area contributed by atoms with Gasteiger partial charge in [0.15, 0.2) is 5.11 Å². The minimum Gasteiger partial charge on any atom is -0.491 e. The monoisotopic (exact) mass is 428 g/mol. The van der Waals surface area contributed by atoms with E-state index in [0.29, 0.717) is 16.3 Å². The number of ether oxygens (including phenoxy) is 1. The zero-order valence-electron chi connectivity index (χ0n) is 16.4. The average molecular weight is 429 g/mol. The van der Waals surface area contributed by atoms with E-state index < -0.39 is 11.8 Å². The van der Waals surface area contributed by atoms with Crippen LogP contribution in [-0.4, -0.2) is 23.0 Å². The summed E-state index contributed by atoms with van der Waals surface area (Å²) in [4.78, 5) is 26.7. The van der Waals surface area contributed by atoms with Crippen molar-refractivity contribution in [1.29, 1.82) is 0 Å². The Balaban J connectivity index is 1.89. The van der Waals surface area contributed by atoms with E-state index >= 15 is 0 Å². The van der Waals surface area contributed by atoms with Crippen molar-refractivity contribution in [2.24, 2.45) is 0 Å². The van der Waals surface area contributed by atoms with Gasteiger partial charge in [-0.2, -0.15) is 0 Å². The van der Waals surface area contributed by atoms with E-state index in [-0.39, 0.29) is 16.8 Å². The van der Waals surface area contributed by atoms with Gasteiger partial charge in [-0.1, -0.05) is 36.7 Å². The maximum atomic E-state index is 13.0. The molecule has 0 spiro atoms. The molecule has 0 aliphatic carbocycles. The standard InChI is InChI=1S/C22H21ClN2O3S/c1-4-14(3)28-17-9-6-15(7-10-17)11-18-20(26)24-22(29)25(21(18)27)16-8-5-13(2)19(23)12-16/h5-12,14H,4H2,1-3H3,(H,24,26,29)/b18-11+/t14-/m0/s1. The number of anilines is 1. The average Bonchev–Trinajstić information content (AvgIpc) is 2.69. The topological polar surface area (TPSA) is 58.6 Å². The van der Waals surface area contributed by atoms with Crippen molar-refractivity contribution < 1.29 is 14.3 Å². The van der Waals surface area contributed by atoms with Crippen LogP contribution in [0.1, 0.15) is 31.4 Å². The molecule has 0 unspecified atom stereocenters. The summed E-state index contributed by atoms with van der Waals surface area (Å²) >= 11 is 11.4. The lowest BCUT2D eigenvalue weighted by molar-refractivity contribution is -0.122. The van der Waals surface area contributed by atoms with Gasteiger partial charge in [0.1, 0.15) is 11.3 Å². The maximum Gasteiger partial charge on any atom is 0.270 e. The molecule has 7 heteroatoms. The molecule has 150 valence electrons. The molecule has 0 saturated carbocycles. The van der Waals surface area contributed by atoms with Gasteiger partial charge in [0.05, 0.1) is 11.8 Å². The highest BCUT2D eigenvalue weighted by atomic mass is 35.5. The number of nitrogens with zero attached hydrogens (tertiary/aromatic N) is 1. The van der Waals surface area contributed by atoms with Crippen LogP contribution in [0, 0.1) is 6.92 Å². The van der Waals surface area contributed by atoms with Crippen LogP contribution in [0.5, 0.6) is 5.75 Å². The van der Waals surface area contributed by atoms with Gasteiger partial charge in [-0.25, -0.2) is 0 Å². The fourth-order valence-electron chi connectivity index (χ4n) is 2.74. The third-order valence-electron chi connectivity index (χ3n) is 4.62. The normalized spacial score (nSPS) is 16.8. The van der Waals surface area contributed by atoms with Gasteiger partial charge in [-0.15, -0.1) is 0 Å². The zero-order valence-corrected chi connectivity index (χ0v) is 17.9. The molecule has 2 amide bonds. The minimum absolute atomic E-state index is 0.00843. The molecular formula is C22H21ClN2O3S. The third-order valence-corrected chi connectivity index (χ3v) is 5.31. The second-order valence-electron chi connectivity index (χ2n) is 6.80. The van der Waals surface area contributed by atoms with Crippen molar-refractivity contribution in [1.82, 2.24) is 5.32 Å². The number of amides is 2. The number of rotatable bonds is 5. The Labute approximate surface area is 180 Å². The van der Waals surface area contributed by atoms with Crippen molar-refractivity contribution in [3.05, 3.63) is 64.2 Å². The number of hydrogen-bond acceptors (Lipinski definition) is 4. The highest BCUT2D eigenvalue weighted by Gasteiger charge is 2.34. The van der Waals surface area contributed by atoms with Crippen LogP contribution < -0.4 is 15.0 Å². The summed E-state index contributed by atoms with van der Waals surface area (Å²) in [6, 6.07) is 12.4. The predicted molar refractivity (Wildman–Crippen MR) is 119 cm³/mol. The van der Waals surface area contributed by atoms with E-state index in [4.69, 9.17) is 28.6 Å². The first-order valence-corrected chi connectivity index (χ1v) is 10.0. The van der Waals surface area contributed by atoms with Crippen LogP contribution in [0.2, 0.25) is 5.02 Å². The summed E-state index contributed by atoms with van der Waals surface area (Å²) in [5.74, 6) is -0.300. The molecule has 1 fully saturated rings. The number of carbonyl (C=O) groups excluding carboxylic acids is 2. The minimum atomic E-state index is -0.533. The highest BCUT2D eigenvalue weighted by Crippen LogP contribution is 2.27. The molecule has 1 atom stereocenters. The smallest absolute Gasteiger partial charge is 0.270 e. The van der Waals surface area contributed by atoms with Crippen LogP contribution in [0.25, 0.3) is 6.08 Å². The van der Waals surface area contributed by atoms with Crippen LogP contribution >= 0.6 is 23.8 Å². The molecule has 1 aliphatic rings. The summed E-state index contributed by atoms with van der Waals surface area (Å²) in [5, 5.41) is 3.10. The second-order valence-corrected chi connectivity index (χ2v) is 7.59. The van der Waals surface area contributed by atoms with Crippen LogP contribution in [0.15, 0.2) is 48.0 Å². The second kappa shape index (κ2) is 8.76. The van der Waals surface area contributed by atoms with Crippen molar-refractivity contribution in [3.8, 4) is 5.75 Å². The van der Waals surface area contributed by atoms with Gasteiger partial charge in [0, 0.05) is 5.02 Å². The molecular weight excluding hydrogens is 408 g/mol. The Bertz CT molecular complexity index is 1000. The maximum absolute atomic E-state index is 13.0. The van der Waals surface area contributed by atoms with E-state index in [9.17, 15) is 9.59 Å². The number of aryl methyl sites for hydroxylation is 1. The number of carbonyl (C=O) groups is 2. The van der Waals surface area contributed by atoms with E-state index in [1.54, 1.807) is 30.3 Å². The van der Waals surface area contributed by atoms with E-state index in [1.165, 1.54) is 11.0 Å². The molecule has 2 aromatic carbocycles. The number of halogens is 1. The fourth-order valence-corrected chi connectivity index (χ4v) is 3.19. The largest absolute Gasteiger partial charge is 0.491 e. The van der Waals surface area contributed by atoms with Gasteiger partial charge in [0.2, 0.25) is 0 Å². The summed E-state index contributed by atoms with van der Waals surface area (Å²) < 4.78 is 5.76. The molecule has 0 radical (unpaired) electrons. The van der Waals surface area contributed by atoms with Gasteiger partial charge in [-0.05, 0) is 74.0 Å². The number of thiocarbonyl (C=S) groups is 1. The van der Waals surface area contributed by atoms with E-state index in [2.05, 4.69) is 5.32 Å². The summed E-state index contributed by atoms with van der Waals surface area (Å²) in [7, 11) is 0. The predicted octanol–water partition coefficient (Wildman–Crippen LogP) is 4.66. The zero-order chi connectivity index (χ0) is 21.1. The fraction of sp³-hybridized carbons (Fsp3) is 0.227. The van der Waals surface area contributed by atoms with Crippen molar-refractivity contribution in [3.63, 3.8) is 0 Å². The molecule has 29 heavy (non-hydrogen) atoms. The van der Waals surface area contributed by atoms with Gasteiger partial charge >= 0.3 is 0 Å². The van der Waals surface area contributed by atoms with Crippen LogP contribution in [0.4, 0.5) is 5.69 Å². The summed E-state index contributed by atoms with van der Waals surface area (Å²) in [6.07, 6.45) is 2.55. The van der Waals surface area contributed by atoms with Gasteiger partial charge in [0.25, 0.3) is 11.8 Å². The summed E-state index contributed by atoms with van der Waals surface area (Å²) in [5.41, 5.74) is 2.07. The molecule has 1 N–H and O–H groups in total. The molecule has 1 heterocycles. The summed E-state index contributed by atoms with van der Waals surface area (Å²) in [6.45, 7) is 5.91. The van der Waals surface area contributed by atoms with Gasteiger partial charge < -0.3 is 4.74 Å². The molecule has 0 aromatic heterocycles. The molecule has 2 aromatic rings. The molecule has 3 rings (SSSR count). The van der Waals surface area contributed by atoms with Crippen LogP contribution in [-0.2, 0) is 9.59 Å². The Morgan fingerprint density at radius 2 is 1.90 bits per heavy atom. The SMILES string of the molecule is CC[C@H](C)Oc1ccc(/C=C2\C(=O)NC(=S)N(c3ccc(C)c(Cl)c3)C2=O)cc1. The number of hydrogen-bond donors (Lipinski definition) is 1. The number of benzene rings is 2. The lowest BCUT2D eigenvalue weighted by Gasteiger charge is -2.29. The highest BCUT2D eigenvalue weighted by molar-refractivity contribution is 7.80. The molecule has 1 aliphatic heterocycles. The Hall–Kier alpha value is -2.70. The van der Waals surface area contributed by atoms with E-state index in [1.807, 2.05) is 32.9 Å². The number of nitrogens with one attached hydrogen (secondary N) is 1. The third kappa shape index (κ3) is 4.66. The Morgan fingerprint density at radius 3 is 2.52 bits per heavy atom. The first-order valence-electron chi connectivity index (χ1n) is 9.24. The lowest BCUT2D eigenvalue weighted by atomic mass is 10.1. The quantitative estimate of drug-likeness (QED) is 0.427. The molecule has 5 nitrogen and oxygen atoms in total. The van der Waals surface area contributed by atoms with E-state index in [0.717, 1.165) is 17.7 Å². The van der Waals surface area contributed by atoms with Crippen molar-refractivity contribution in [2.75, 3.05) is 4.90 Å². The van der Waals surface area contributed by atoms with Crippen molar-refractivity contribution >= 4 is 52.5 Å². The first-order chi connectivity index (χ1) is 13.8. The van der Waals surface area contributed by atoms with Gasteiger partial charge in [-0.3, -0.25) is 19.8 Å². The molecule has 1 saturated heterocycles. The van der Waals surface area contributed by atoms with Crippen molar-refractivity contribution in [2.45, 2.75) is 33.3 Å².